The third-order valence-corrected chi connectivity index (χ3v) is 4.69. The van der Waals surface area contributed by atoms with Gasteiger partial charge in [-0.3, -0.25) is 9.78 Å². The van der Waals surface area contributed by atoms with Crippen LogP contribution in [-0.4, -0.2) is 34.1 Å². The molecule has 0 unspecified atom stereocenters. The third-order valence-electron chi connectivity index (χ3n) is 4.38. The summed E-state index contributed by atoms with van der Waals surface area (Å²) in [5.41, 5.74) is 3.15. The first-order valence-electron chi connectivity index (χ1n) is 9.22. The number of hydrogen-bond acceptors (Lipinski definition) is 6. The van der Waals surface area contributed by atoms with Crippen LogP contribution < -0.4 is 15.4 Å². The largest absolute Gasteiger partial charge is 0.489 e. The number of hydrogen-bond donors (Lipinski definition) is 3. The van der Waals surface area contributed by atoms with Crippen LogP contribution in [0.1, 0.15) is 24.8 Å². The van der Waals surface area contributed by atoms with Gasteiger partial charge in [0.25, 0.3) is 0 Å². The van der Waals surface area contributed by atoms with E-state index in [0.717, 1.165) is 29.8 Å². The van der Waals surface area contributed by atoms with Crippen LogP contribution in [0.2, 0.25) is 0 Å². The van der Waals surface area contributed by atoms with Crippen molar-refractivity contribution >= 4 is 28.7 Å². The van der Waals surface area contributed by atoms with E-state index in [4.69, 9.17) is 22.1 Å². The van der Waals surface area contributed by atoms with E-state index in [9.17, 15) is 4.79 Å². The molecule has 3 N–H and O–H groups in total. The summed E-state index contributed by atoms with van der Waals surface area (Å²) >= 11 is 5.53. The number of carbonyl (C=O) groups excluding carboxylic acids is 1. The Bertz CT molecular complexity index is 868. The molecule has 7 heteroatoms. The van der Waals surface area contributed by atoms with Crippen molar-refractivity contribution in [3.8, 4) is 5.75 Å². The first-order chi connectivity index (χ1) is 13.7. The van der Waals surface area contributed by atoms with Gasteiger partial charge in [0.05, 0.1) is 18.4 Å². The van der Waals surface area contributed by atoms with Crippen LogP contribution in [0.4, 0.5) is 5.69 Å². The van der Waals surface area contributed by atoms with Crippen LogP contribution in [0.25, 0.3) is 0 Å². The van der Waals surface area contributed by atoms with Gasteiger partial charge >= 0.3 is 0 Å². The van der Waals surface area contributed by atoms with E-state index in [2.05, 4.69) is 15.6 Å². The van der Waals surface area contributed by atoms with Crippen LogP contribution in [-0.2, 0) is 11.3 Å². The first-order valence-corrected chi connectivity index (χ1v) is 9.63. The van der Waals surface area contributed by atoms with E-state index in [-0.39, 0.29) is 19.0 Å². The molecule has 0 spiro atoms. The summed E-state index contributed by atoms with van der Waals surface area (Å²) in [6.07, 6.45) is 5.36. The lowest BCUT2D eigenvalue weighted by atomic mass is 9.94. The van der Waals surface area contributed by atoms with E-state index >= 15 is 0 Å². The molecule has 1 aliphatic carbocycles. The number of allylic oxidation sites excluding steroid dienone is 1. The number of para-hydroxylation sites is 1. The Labute approximate surface area is 169 Å². The molecule has 0 saturated heterocycles. The Kier molecular flexibility index (Phi) is 7.11. The number of anilines is 1. The molecule has 0 saturated carbocycles. The van der Waals surface area contributed by atoms with Gasteiger partial charge < -0.3 is 20.5 Å². The van der Waals surface area contributed by atoms with Crippen molar-refractivity contribution in [1.82, 2.24) is 10.3 Å². The molecule has 0 fully saturated rings. The van der Waals surface area contributed by atoms with Crippen molar-refractivity contribution in [2.75, 3.05) is 18.5 Å². The van der Waals surface area contributed by atoms with Gasteiger partial charge in [0.15, 0.2) is 5.78 Å². The molecule has 0 amide bonds. The Morgan fingerprint density at radius 1 is 1.21 bits per heavy atom. The minimum atomic E-state index is -0.0645. The predicted molar refractivity (Wildman–Crippen MR) is 112 cm³/mol. The Morgan fingerprint density at radius 3 is 2.82 bits per heavy atom. The number of aromatic nitrogens is 1. The fourth-order valence-electron chi connectivity index (χ4n) is 3.04. The number of benzene rings is 1. The molecule has 1 aromatic carbocycles. The normalized spacial score (nSPS) is 14.0. The number of thiocarbonyl (C=S) groups is 1. The van der Waals surface area contributed by atoms with Gasteiger partial charge in [-0.1, -0.05) is 30.4 Å². The first kappa shape index (κ1) is 20.0. The van der Waals surface area contributed by atoms with Crippen LogP contribution in [0.3, 0.4) is 0 Å². The third kappa shape index (κ3) is 5.15. The van der Waals surface area contributed by atoms with Crippen LogP contribution in [0.5, 0.6) is 5.75 Å². The maximum atomic E-state index is 12.6. The van der Waals surface area contributed by atoms with E-state index in [0.29, 0.717) is 29.3 Å². The highest BCUT2D eigenvalue weighted by Gasteiger charge is 2.24. The summed E-state index contributed by atoms with van der Waals surface area (Å²) < 4.78 is 5.53. The zero-order valence-corrected chi connectivity index (χ0v) is 16.3. The quantitative estimate of drug-likeness (QED) is 0.591. The highest BCUT2D eigenvalue weighted by Crippen LogP contribution is 2.24. The fourth-order valence-corrected chi connectivity index (χ4v) is 3.40. The maximum absolute atomic E-state index is 12.6. The SMILES string of the molecule is O=C1CCCC(NCc2ccncc2OCCO)=C1C(=S)Nc1ccccc1. The standard InChI is InChI=1S/C21H23N3O3S/c25-11-12-27-19-14-22-10-9-15(19)13-23-17-7-4-8-18(26)20(17)21(28)24-16-5-2-1-3-6-16/h1-3,5-6,9-10,14,23,25H,4,7-8,11-13H2,(H,24,28). The number of Topliss-reactive ketones (excluding diaryl/α,β-unsaturated/α-hetero) is 1. The second-order valence-electron chi connectivity index (χ2n) is 6.36. The van der Waals surface area contributed by atoms with Crippen molar-refractivity contribution in [2.24, 2.45) is 0 Å². The van der Waals surface area contributed by atoms with Crippen molar-refractivity contribution < 1.29 is 14.6 Å². The number of nitrogens with one attached hydrogen (secondary N) is 2. The fraction of sp³-hybridized carbons (Fsp3) is 0.286. The number of pyridine rings is 1. The van der Waals surface area contributed by atoms with Crippen molar-refractivity contribution in [1.29, 1.82) is 0 Å². The second-order valence-corrected chi connectivity index (χ2v) is 6.77. The minimum absolute atomic E-state index is 0.0497. The molecule has 1 heterocycles. The molecule has 146 valence electrons. The van der Waals surface area contributed by atoms with Crippen molar-refractivity contribution in [3.63, 3.8) is 0 Å². The highest BCUT2D eigenvalue weighted by atomic mass is 32.1. The van der Waals surface area contributed by atoms with Crippen LogP contribution in [0, 0.1) is 0 Å². The second kappa shape index (κ2) is 9.96. The van der Waals surface area contributed by atoms with Gasteiger partial charge in [-0.2, -0.15) is 0 Å². The molecule has 0 radical (unpaired) electrons. The number of aliphatic hydroxyl groups is 1. The predicted octanol–water partition coefficient (Wildman–Crippen LogP) is 2.99. The van der Waals surface area contributed by atoms with E-state index < -0.39 is 0 Å². The molecule has 0 aliphatic heterocycles. The van der Waals surface area contributed by atoms with E-state index in [1.807, 2.05) is 36.4 Å². The summed E-state index contributed by atoms with van der Waals surface area (Å²) in [5.74, 6) is 0.659. The molecule has 2 aromatic rings. The topological polar surface area (TPSA) is 83.5 Å². The number of rotatable bonds is 8. The lowest BCUT2D eigenvalue weighted by Crippen LogP contribution is -2.29. The average Bonchev–Trinajstić information content (AvgIpc) is 2.72. The van der Waals surface area contributed by atoms with Gasteiger partial charge in [0.1, 0.15) is 17.3 Å². The Hall–Kier alpha value is -2.77. The number of carbonyl (C=O) groups is 1. The smallest absolute Gasteiger partial charge is 0.167 e. The molecular weight excluding hydrogens is 374 g/mol. The Morgan fingerprint density at radius 2 is 2.04 bits per heavy atom. The summed E-state index contributed by atoms with van der Waals surface area (Å²) in [6.45, 7) is 0.616. The van der Waals surface area contributed by atoms with Gasteiger partial charge in [-0.15, -0.1) is 0 Å². The minimum Gasteiger partial charge on any atom is -0.489 e. The molecule has 0 bridgehead atoms. The van der Waals surface area contributed by atoms with Crippen molar-refractivity contribution in [2.45, 2.75) is 25.8 Å². The van der Waals surface area contributed by atoms with Gasteiger partial charge in [0.2, 0.25) is 0 Å². The molecule has 28 heavy (non-hydrogen) atoms. The molecule has 3 rings (SSSR count). The average molecular weight is 398 g/mol. The van der Waals surface area contributed by atoms with E-state index in [1.54, 1.807) is 12.4 Å². The molecule has 1 aliphatic rings. The molecule has 1 aromatic heterocycles. The van der Waals surface area contributed by atoms with Crippen LogP contribution >= 0.6 is 12.2 Å². The van der Waals surface area contributed by atoms with Gasteiger partial charge in [-0.05, 0) is 31.0 Å². The van der Waals surface area contributed by atoms with Crippen LogP contribution in [0.15, 0.2) is 60.1 Å². The van der Waals surface area contributed by atoms with E-state index in [1.165, 1.54) is 0 Å². The molecule has 6 nitrogen and oxygen atoms in total. The monoisotopic (exact) mass is 397 g/mol. The summed E-state index contributed by atoms with van der Waals surface area (Å²) in [4.78, 5) is 17.1. The summed E-state index contributed by atoms with van der Waals surface area (Å²) in [6, 6.07) is 11.4. The Balaban J connectivity index is 1.77. The lowest BCUT2D eigenvalue weighted by molar-refractivity contribution is -0.115. The van der Waals surface area contributed by atoms with Gasteiger partial charge in [0, 0.05) is 36.1 Å². The zero-order chi connectivity index (χ0) is 19.8. The van der Waals surface area contributed by atoms with Gasteiger partial charge in [-0.25, -0.2) is 0 Å². The number of ether oxygens (including phenoxy) is 1. The number of ketones is 1. The summed E-state index contributed by atoms with van der Waals surface area (Å²) in [7, 11) is 0. The van der Waals surface area contributed by atoms with Crippen molar-refractivity contribution in [3.05, 3.63) is 65.6 Å². The highest BCUT2D eigenvalue weighted by molar-refractivity contribution is 7.81. The number of aliphatic hydroxyl groups excluding tert-OH is 1. The molecular formula is C21H23N3O3S. The zero-order valence-electron chi connectivity index (χ0n) is 15.5. The maximum Gasteiger partial charge on any atom is 0.167 e. The molecule has 0 atom stereocenters. The lowest BCUT2D eigenvalue weighted by Gasteiger charge is -2.22. The summed E-state index contributed by atoms with van der Waals surface area (Å²) in [5, 5.41) is 15.5. The number of nitrogens with zero attached hydrogens (tertiary/aromatic N) is 1.